The molecular formula is C18H13N3. The molecule has 0 bridgehead atoms. The van der Waals surface area contributed by atoms with Gasteiger partial charge in [-0.25, -0.2) is 9.97 Å². The molecule has 0 spiro atoms. The Bertz CT molecular complexity index is 877. The van der Waals surface area contributed by atoms with Crippen molar-refractivity contribution in [1.82, 2.24) is 14.5 Å². The van der Waals surface area contributed by atoms with Crippen molar-refractivity contribution in [1.29, 1.82) is 0 Å². The monoisotopic (exact) mass is 271 g/mol. The molecular weight excluding hydrogens is 258 g/mol. The molecule has 0 N–H and O–H groups in total. The average Bonchev–Trinajstić information content (AvgIpc) is 3.00. The van der Waals surface area contributed by atoms with Crippen LogP contribution >= 0.6 is 0 Å². The highest BCUT2D eigenvalue weighted by atomic mass is 15.1. The van der Waals surface area contributed by atoms with Gasteiger partial charge < -0.3 is 0 Å². The zero-order valence-electron chi connectivity index (χ0n) is 11.3. The van der Waals surface area contributed by atoms with Crippen LogP contribution in [0.1, 0.15) is 0 Å². The molecule has 0 radical (unpaired) electrons. The summed E-state index contributed by atoms with van der Waals surface area (Å²) in [6, 6.07) is 22.8. The van der Waals surface area contributed by atoms with Gasteiger partial charge in [-0.15, -0.1) is 0 Å². The van der Waals surface area contributed by atoms with E-state index in [1.807, 2.05) is 24.5 Å². The number of imidazole rings is 1. The standard InChI is InChI=1S/C18H13N3/c1-2-5-14(6-3-1)15-8-10-16(11-9-15)21-13-20-18-17(21)7-4-12-19-18/h1-13H. The summed E-state index contributed by atoms with van der Waals surface area (Å²) in [6.07, 6.45) is 3.58. The summed E-state index contributed by atoms with van der Waals surface area (Å²) in [4.78, 5) is 8.59. The van der Waals surface area contributed by atoms with Crippen molar-refractivity contribution in [2.45, 2.75) is 0 Å². The van der Waals surface area contributed by atoms with Crippen LogP contribution in [0.2, 0.25) is 0 Å². The zero-order valence-corrected chi connectivity index (χ0v) is 11.3. The number of hydrogen-bond acceptors (Lipinski definition) is 2. The third kappa shape index (κ3) is 2.09. The second-order valence-corrected chi connectivity index (χ2v) is 4.87. The predicted molar refractivity (Wildman–Crippen MR) is 84.3 cm³/mol. The summed E-state index contributed by atoms with van der Waals surface area (Å²) in [6.45, 7) is 0. The molecule has 0 unspecified atom stereocenters. The number of rotatable bonds is 2. The molecule has 0 aliphatic rings. The van der Waals surface area contributed by atoms with E-state index >= 15 is 0 Å². The van der Waals surface area contributed by atoms with Gasteiger partial charge in [-0.05, 0) is 35.4 Å². The quantitative estimate of drug-likeness (QED) is 0.550. The third-order valence-corrected chi connectivity index (χ3v) is 3.57. The largest absolute Gasteiger partial charge is 0.297 e. The van der Waals surface area contributed by atoms with E-state index in [9.17, 15) is 0 Å². The van der Waals surface area contributed by atoms with Crippen molar-refractivity contribution >= 4 is 11.2 Å². The Morgan fingerprint density at radius 3 is 2.24 bits per heavy atom. The van der Waals surface area contributed by atoms with Crippen molar-refractivity contribution in [2.75, 3.05) is 0 Å². The summed E-state index contributed by atoms with van der Waals surface area (Å²) in [7, 11) is 0. The van der Waals surface area contributed by atoms with E-state index in [0.29, 0.717) is 0 Å². The van der Waals surface area contributed by atoms with Gasteiger partial charge in [0.05, 0.1) is 5.52 Å². The number of hydrogen-bond donors (Lipinski definition) is 0. The van der Waals surface area contributed by atoms with Crippen molar-refractivity contribution in [3.63, 3.8) is 0 Å². The van der Waals surface area contributed by atoms with Crippen LogP contribution in [-0.4, -0.2) is 14.5 Å². The third-order valence-electron chi connectivity index (χ3n) is 3.57. The van der Waals surface area contributed by atoms with Crippen LogP contribution in [0.3, 0.4) is 0 Å². The minimum absolute atomic E-state index is 0.768. The molecule has 0 amide bonds. The minimum Gasteiger partial charge on any atom is -0.297 e. The fourth-order valence-corrected chi connectivity index (χ4v) is 2.50. The summed E-state index contributed by atoms with van der Waals surface area (Å²) in [5.41, 5.74) is 5.31. The van der Waals surface area contributed by atoms with E-state index in [0.717, 1.165) is 16.9 Å². The number of fused-ring (bicyclic) bond motifs is 1. The van der Waals surface area contributed by atoms with Gasteiger partial charge in [0.25, 0.3) is 0 Å². The Hall–Kier alpha value is -2.94. The summed E-state index contributed by atoms with van der Waals surface area (Å²) >= 11 is 0. The number of pyridine rings is 1. The first-order valence-electron chi connectivity index (χ1n) is 6.86. The SMILES string of the molecule is c1ccc(-c2ccc(-n3cnc4ncccc43)cc2)cc1. The second kappa shape index (κ2) is 4.87. The van der Waals surface area contributed by atoms with Gasteiger partial charge >= 0.3 is 0 Å². The second-order valence-electron chi connectivity index (χ2n) is 4.87. The Morgan fingerprint density at radius 1 is 0.667 bits per heavy atom. The van der Waals surface area contributed by atoms with E-state index in [-0.39, 0.29) is 0 Å². The molecule has 4 rings (SSSR count). The van der Waals surface area contributed by atoms with Crippen LogP contribution in [0, 0.1) is 0 Å². The van der Waals surface area contributed by atoms with Crippen molar-refractivity contribution in [3.05, 3.63) is 79.3 Å². The lowest BCUT2D eigenvalue weighted by Gasteiger charge is -2.06. The van der Waals surface area contributed by atoms with E-state index < -0.39 is 0 Å². The van der Waals surface area contributed by atoms with Crippen LogP contribution in [0.5, 0.6) is 0 Å². The topological polar surface area (TPSA) is 30.7 Å². The van der Waals surface area contributed by atoms with E-state index in [1.165, 1.54) is 11.1 Å². The first-order chi connectivity index (χ1) is 10.4. The normalized spacial score (nSPS) is 10.9. The first-order valence-corrected chi connectivity index (χ1v) is 6.86. The Labute approximate surface area is 122 Å². The first kappa shape index (κ1) is 11.9. The minimum atomic E-state index is 0.768. The molecule has 100 valence electrons. The van der Waals surface area contributed by atoms with Gasteiger partial charge in [0.2, 0.25) is 0 Å². The summed E-state index contributed by atoms with van der Waals surface area (Å²) in [5, 5.41) is 0. The molecule has 2 aromatic carbocycles. The van der Waals surface area contributed by atoms with Crippen molar-refractivity contribution in [3.8, 4) is 16.8 Å². The Morgan fingerprint density at radius 2 is 1.43 bits per heavy atom. The van der Waals surface area contributed by atoms with Crippen molar-refractivity contribution in [2.24, 2.45) is 0 Å². The molecule has 0 fully saturated rings. The Kier molecular flexibility index (Phi) is 2.75. The summed E-state index contributed by atoms with van der Waals surface area (Å²) in [5.74, 6) is 0. The highest BCUT2D eigenvalue weighted by Gasteiger charge is 2.05. The van der Waals surface area contributed by atoms with Gasteiger partial charge in [-0.1, -0.05) is 42.5 Å². The van der Waals surface area contributed by atoms with E-state index in [2.05, 4.69) is 63.1 Å². The van der Waals surface area contributed by atoms with Crippen LogP contribution in [-0.2, 0) is 0 Å². The molecule has 0 aliphatic carbocycles. The molecule has 2 heterocycles. The smallest absolute Gasteiger partial charge is 0.177 e. The number of benzene rings is 2. The van der Waals surface area contributed by atoms with Gasteiger partial charge in [-0.2, -0.15) is 0 Å². The van der Waals surface area contributed by atoms with Crippen LogP contribution in [0.15, 0.2) is 79.3 Å². The lowest BCUT2D eigenvalue weighted by atomic mass is 10.1. The fraction of sp³-hybridized carbons (Fsp3) is 0. The number of nitrogens with zero attached hydrogens (tertiary/aromatic N) is 3. The maximum absolute atomic E-state index is 4.33. The van der Waals surface area contributed by atoms with Gasteiger partial charge in [0.15, 0.2) is 5.65 Å². The maximum atomic E-state index is 4.33. The molecule has 0 aliphatic heterocycles. The highest BCUT2D eigenvalue weighted by molar-refractivity contribution is 5.73. The molecule has 0 saturated heterocycles. The zero-order chi connectivity index (χ0) is 14.1. The lowest BCUT2D eigenvalue weighted by molar-refractivity contribution is 1.09. The molecule has 4 aromatic rings. The average molecular weight is 271 g/mol. The van der Waals surface area contributed by atoms with E-state index in [1.54, 1.807) is 6.20 Å². The van der Waals surface area contributed by atoms with Crippen LogP contribution < -0.4 is 0 Å². The molecule has 2 aromatic heterocycles. The fourth-order valence-electron chi connectivity index (χ4n) is 2.50. The van der Waals surface area contributed by atoms with Crippen LogP contribution in [0.25, 0.3) is 28.0 Å². The molecule has 0 saturated carbocycles. The molecule has 0 atom stereocenters. The van der Waals surface area contributed by atoms with Crippen molar-refractivity contribution < 1.29 is 0 Å². The highest BCUT2D eigenvalue weighted by Crippen LogP contribution is 2.22. The Balaban J connectivity index is 1.77. The molecule has 3 nitrogen and oxygen atoms in total. The summed E-state index contributed by atoms with van der Waals surface area (Å²) < 4.78 is 2.05. The van der Waals surface area contributed by atoms with Gasteiger partial charge in [-0.3, -0.25) is 4.57 Å². The predicted octanol–water partition coefficient (Wildman–Crippen LogP) is 4.09. The molecule has 3 heteroatoms. The van der Waals surface area contributed by atoms with E-state index in [4.69, 9.17) is 0 Å². The molecule has 21 heavy (non-hydrogen) atoms. The van der Waals surface area contributed by atoms with Gasteiger partial charge in [0.1, 0.15) is 6.33 Å². The lowest BCUT2D eigenvalue weighted by Crippen LogP contribution is -1.91. The van der Waals surface area contributed by atoms with Crippen LogP contribution in [0.4, 0.5) is 0 Å². The number of aromatic nitrogens is 3. The van der Waals surface area contributed by atoms with Gasteiger partial charge in [0, 0.05) is 11.9 Å². The maximum Gasteiger partial charge on any atom is 0.177 e.